The zero-order chi connectivity index (χ0) is 16.7. The van der Waals surface area contributed by atoms with Crippen molar-refractivity contribution >= 4 is 34.0 Å². The van der Waals surface area contributed by atoms with Crippen molar-refractivity contribution in [2.45, 2.75) is 6.42 Å². The Morgan fingerprint density at radius 1 is 1.33 bits per heavy atom. The third-order valence-electron chi connectivity index (χ3n) is 4.66. The van der Waals surface area contributed by atoms with Gasteiger partial charge in [0.2, 0.25) is 0 Å². The van der Waals surface area contributed by atoms with E-state index in [9.17, 15) is 4.79 Å². The van der Waals surface area contributed by atoms with E-state index in [1.165, 1.54) is 11.3 Å². The van der Waals surface area contributed by atoms with Crippen LogP contribution in [0.25, 0.3) is 0 Å². The van der Waals surface area contributed by atoms with Gasteiger partial charge >= 0.3 is 0 Å². The van der Waals surface area contributed by atoms with Crippen LogP contribution in [0, 0.1) is 16.7 Å². The number of nitrogens with zero attached hydrogens (tertiary/aromatic N) is 5. The molecule has 4 rings (SSSR count). The molecule has 2 aromatic rings. The minimum Gasteiger partial charge on any atom is -0.347 e. The maximum atomic E-state index is 12.5. The number of amides is 1. The van der Waals surface area contributed by atoms with Crippen LogP contribution in [-0.4, -0.2) is 47.0 Å². The molecular formula is C16H14ClN5OS. The summed E-state index contributed by atoms with van der Waals surface area (Å²) in [5.74, 6) is 0.0665. The minimum absolute atomic E-state index is 0.0665. The highest BCUT2D eigenvalue weighted by Crippen LogP contribution is 2.44. The van der Waals surface area contributed by atoms with E-state index >= 15 is 0 Å². The molecule has 0 saturated carbocycles. The standard InChI is InChI=1S/C16H14ClN5OS/c17-13-12(7-18)20-15(24-13)22-9-16(10-22)3-6-21(8-16)14(23)11-1-4-19-5-2-11/h1-2,4-5H,3,6,8-10H2. The fourth-order valence-corrected chi connectivity index (χ4v) is 4.47. The Hall–Kier alpha value is -2.17. The number of anilines is 1. The second kappa shape index (κ2) is 5.72. The van der Waals surface area contributed by atoms with Crippen LogP contribution < -0.4 is 4.90 Å². The summed E-state index contributed by atoms with van der Waals surface area (Å²) >= 11 is 7.34. The van der Waals surface area contributed by atoms with E-state index in [1.54, 1.807) is 24.5 Å². The summed E-state index contributed by atoms with van der Waals surface area (Å²) in [5.41, 5.74) is 1.11. The Morgan fingerprint density at radius 3 is 2.75 bits per heavy atom. The molecule has 8 heteroatoms. The van der Waals surface area contributed by atoms with E-state index in [0.717, 1.165) is 37.7 Å². The van der Waals surface area contributed by atoms with Gasteiger partial charge in [-0.2, -0.15) is 5.26 Å². The van der Waals surface area contributed by atoms with Gasteiger partial charge in [0.1, 0.15) is 10.4 Å². The predicted molar refractivity (Wildman–Crippen MR) is 91.2 cm³/mol. The van der Waals surface area contributed by atoms with E-state index in [0.29, 0.717) is 15.6 Å². The number of halogens is 1. The molecule has 0 N–H and O–H groups in total. The van der Waals surface area contributed by atoms with Crippen molar-refractivity contribution < 1.29 is 4.79 Å². The lowest BCUT2D eigenvalue weighted by Gasteiger charge is -2.47. The van der Waals surface area contributed by atoms with Crippen molar-refractivity contribution in [3.63, 3.8) is 0 Å². The van der Waals surface area contributed by atoms with Crippen LogP contribution in [0.15, 0.2) is 24.5 Å². The topological polar surface area (TPSA) is 73.1 Å². The van der Waals surface area contributed by atoms with E-state index in [4.69, 9.17) is 16.9 Å². The average Bonchev–Trinajstić information content (AvgIpc) is 3.17. The monoisotopic (exact) mass is 359 g/mol. The van der Waals surface area contributed by atoms with Crippen LogP contribution in [0.5, 0.6) is 0 Å². The number of pyridine rings is 1. The maximum absolute atomic E-state index is 12.5. The first kappa shape index (κ1) is 15.4. The molecule has 0 unspecified atom stereocenters. The van der Waals surface area contributed by atoms with Crippen molar-refractivity contribution in [3.8, 4) is 6.07 Å². The van der Waals surface area contributed by atoms with Crippen LogP contribution >= 0.6 is 22.9 Å². The maximum Gasteiger partial charge on any atom is 0.253 e. The Labute approximate surface area is 148 Å². The van der Waals surface area contributed by atoms with E-state index in [2.05, 4.69) is 14.9 Å². The van der Waals surface area contributed by atoms with Gasteiger partial charge in [-0.1, -0.05) is 22.9 Å². The Balaban J connectivity index is 1.41. The third kappa shape index (κ3) is 2.52. The number of aromatic nitrogens is 2. The van der Waals surface area contributed by atoms with Gasteiger partial charge in [-0.25, -0.2) is 4.98 Å². The van der Waals surface area contributed by atoms with E-state index in [1.807, 2.05) is 11.0 Å². The van der Waals surface area contributed by atoms with Gasteiger partial charge in [-0.05, 0) is 18.6 Å². The van der Waals surface area contributed by atoms with Crippen molar-refractivity contribution in [2.24, 2.45) is 5.41 Å². The second-order valence-corrected chi connectivity index (χ2v) is 7.88. The molecule has 0 aliphatic carbocycles. The van der Waals surface area contributed by atoms with Crippen molar-refractivity contribution in [2.75, 3.05) is 31.1 Å². The predicted octanol–water partition coefficient (Wildman–Crippen LogP) is 2.42. The van der Waals surface area contributed by atoms with Crippen molar-refractivity contribution in [1.82, 2.24) is 14.9 Å². The minimum atomic E-state index is 0.0665. The highest BCUT2D eigenvalue weighted by molar-refractivity contribution is 7.19. The van der Waals surface area contributed by atoms with E-state index in [-0.39, 0.29) is 11.3 Å². The number of hydrogen-bond donors (Lipinski definition) is 0. The first-order chi connectivity index (χ1) is 11.6. The lowest BCUT2D eigenvalue weighted by Crippen LogP contribution is -2.58. The van der Waals surface area contributed by atoms with Crippen LogP contribution in [-0.2, 0) is 0 Å². The fraction of sp³-hybridized carbons (Fsp3) is 0.375. The van der Waals surface area contributed by atoms with Crippen molar-refractivity contribution in [3.05, 3.63) is 40.1 Å². The molecule has 0 radical (unpaired) electrons. The van der Waals surface area contributed by atoms with Gasteiger partial charge in [0, 0.05) is 49.6 Å². The number of hydrogen-bond acceptors (Lipinski definition) is 6. The Morgan fingerprint density at radius 2 is 2.08 bits per heavy atom. The van der Waals surface area contributed by atoms with Crippen LogP contribution in [0.3, 0.4) is 0 Å². The molecule has 24 heavy (non-hydrogen) atoms. The number of rotatable bonds is 2. The SMILES string of the molecule is N#Cc1nc(N2CC3(CCN(C(=O)c4ccncc4)C3)C2)sc1Cl. The molecule has 0 atom stereocenters. The van der Waals surface area contributed by atoms with Gasteiger partial charge in [-0.3, -0.25) is 9.78 Å². The lowest BCUT2D eigenvalue weighted by molar-refractivity contribution is 0.0763. The average molecular weight is 360 g/mol. The molecule has 2 aliphatic rings. The molecule has 2 fully saturated rings. The van der Waals surface area contributed by atoms with Gasteiger partial charge in [0.25, 0.3) is 5.91 Å². The zero-order valence-corrected chi connectivity index (χ0v) is 14.3. The number of carbonyl (C=O) groups is 1. The van der Waals surface area contributed by atoms with Gasteiger partial charge in [-0.15, -0.1) is 0 Å². The largest absolute Gasteiger partial charge is 0.347 e. The zero-order valence-electron chi connectivity index (χ0n) is 12.8. The molecule has 4 heterocycles. The van der Waals surface area contributed by atoms with Gasteiger partial charge < -0.3 is 9.80 Å². The van der Waals surface area contributed by atoms with Crippen LogP contribution in [0.1, 0.15) is 22.5 Å². The number of carbonyl (C=O) groups excluding carboxylic acids is 1. The van der Waals surface area contributed by atoms with Gasteiger partial charge in [0.15, 0.2) is 10.8 Å². The highest BCUT2D eigenvalue weighted by Gasteiger charge is 2.49. The summed E-state index contributed by atoms with van der Waals surface area (Å²) in [4.78, 5) is 24.8. The smallest absolute Gasteiger partial charge is 0.253 e. The molecule has 0 bridgehead atoms. The molecule has 2 saturated heterocycles. The molecule has 0 aromatic carbocycles. The fourth-order valence-electron chi connectivity index (χ4n) is 3.44. The number of likely N-dealkylation sites (tertiary alicyclic amines) is 1. The molecular weight excluding hydrogens is 346 g/mol. The summed E-state index contributed by atoms with van der Waals surface area (Å²) in [5, 5.41) is 9.75. The summed E-state index contributed by atoms with van der Waals surface area (Å²) in [7, 11) is 0. The number of thiazole rings is 1. The molecule has 2 aromatic heterocycles. The van der Waals surface area contributed by atoms with Crippen molar-refractivity contribution in [1.29, 1.82) is 5.26 Å². The first-order valence-corrected chi connectivity index (χ1v) is 8.80. The summed E-state index contributed by atoms with van der Waals surface area (Å²) < 4.78 is 0.439. The molecule has 6 nitrogen and oxygen atoms in total. The Bertz CT molecular complexity index is 825. The molecule has 2 aliphatic heterocycles. The third-order valence-corrected chi connectivity index (χ3v) is 5.97. The number of nitriles is 1. The summed E-state index contributed by atoms with van der Waals surface area (Å²) in [6, 6.07) is 5.51. The van der Waals surface area contributed by atoms with Gasteiger partial charge in [0.05, 0.1) is 0 Å². The first-order valence-electron chi connectivity index (χ1n) is 7.61. The second-order valence-electron chi connectivity index (χ2n) is 6.30. The summed E-state index contributed by atoms with van der Waals surface area (Å²) in [6.07, 6.45) is 4.27. The lowest BCUT2D eigenvalue weighted by atomic mass is 9.79. The molecule has 1 amide bonds. The molecule has 1 spiro atoms. The van der Waals surface area contributed by atoms with E-state index < -0.39 is 0 Å². The molecule has 122 valence electrons. The quantitative estimate of drug-likeness (QED) is 0.823. The van der Waals surface area contributed by atoms with Crippen LogP contribution in [0.4, 0.5) is 5.13 Å². The highest BCUT2D eigenvalue weighted by atomic mass is 35.5. The Kier molecular flexibility index (Phi) is 3.66. The van der Waals surface area contributed by atoms with Crippen LogP contribution in [0.2, 0.25) is 4.34 Å². The normalized spacial score (nSPS) is 18.5. The summed E-state index contributed by atoms with van der Waals surface area (Å²) in [6.45, 7) is 3.23.